The van der Waals surface area contributed by atoms with Gasteiger partial charge in [0, 0.05) is 18.8 Å². The van der Waals surface area contributed by atoms with Crippen LogP contribution in [0.5, 0.6) is 0 Å². The fraction of sp³-hybridized carbons (Fsp3) is 0.263. The molecule has 0 saturated heterocycles. The SMILES string of the molecule is Cc1ccc(NC(=O)C(=O)N2CCc3ccccc3C2)cc1C. The van der Waals surface area contributed by atoms with Gasteiger partial charge in [0.1, 0.15) is 0 Å². The number of fused-ring (bicyclic) bond motifs is 1. The van der Waals surface area contributed by atoms with E-state index in [9.17, 15) is 9.59 Å². The van der Waals surface area contributed by atoms with Crippen LogP contribution in [0.25, 0.3) is 0 Å². The molecule has 1 heterocycles. The number of rotatable bonds is 1. The third kappa shape index (κ3) is 3.26. The lowest BCUT2D eigenvalue weighted by atomic mass is 10.00. The molecule has 0 spiro atoms. The Morgan fingerprint density at radius 1 is 1.00 bits per heavy atom. The van der Waals surface area contributed by atoms with Gasteiger partial charge in [0.15, 0.2) is 0 Å². The van der Waals surface area contributed by atoms with E-state index in [2.05, 4.69) is 11.4 Å². The number of nitrogens with one attached hydrogen (secondary N) is 1. The molecular formula is C19H20N2O2. The molecule has 4 nitrogen and oxygen atoms in total. The molecule has 3 rings (SSSR count). The molecule has 0 aromatic heterocycles. The average molecular weight is 308 g/mol. The summed E-state index contributed by atoms with van der Waals surface area (Å²) in [5.41, 5.74) is 5.27. The van der Waals surface area contributed by atoms with Crippen molar-refractivity contribution in [2.45, 2.75) is 26.8 Å². The summed E-state index contributed by atoms with van der Waals surface area (Å²) in [6, 6.07) is 13.7. The van der Waals surface area contributed by atoms with Gasteiger partial charge in [-0.15, -0.1) is 0 Å². The number of carbonyl (C=O) groups excluding carboxylic acids is 2. The highest BCUT2D eigenvalue weighted by Crippen LogP contribution is 2.19. The Balaban J connectivity index is 1.68. The molecule has 0 bridgehead atoms. The molecule has 118 valence electrons. The molecule has 2 aromatic carbocycles. The number of carbonyl (C=O) groups is 2. The van der Waals surface area contributed by atoms with E-state index in [1.165, 1.54) is 5.56 Å². The smallest absolute Gasteiger partial charge is 0.313 e. The zero-order valence-electron chi connectivity index (χ0n) is 13.4. The second-order valence-electron chi connectivity index (χ2n) is 6.00. The standard InChI is InChI=1S/C19H20N2O2/c1-13-7-8-17(11-14(13)2)20-18(22)19(23)21-10-9-15-5-3-4-6-16(15)12-21/h3-8,11H,9-10,12H2,1-2H3,(H,20,22). The first-order chi connectivity index (χ1) is 11.0. The van der Waals surface area contributed by atoms with E-state index < -0.39 is 11.8 Å². The summed E-state index contributed by atoms with van der Waals surface area (Å²) in [4.78, 5) is 26.2. The van der Waals surface area contributed by atoms with Crippen LogP contribution in [0, 0.1) is 13.8 Å². The maximum absolute atomic E-state index is 12.4. The first kappa shape index (κ1) is 15.3. The minimum atomic E-state index is -0.576. The second kappa shape index (κ2) is 6.24. The van der Waals surface area contributed by atoms with Gasteiger partial charge in [-0.05, 0) is 54.7 Å². The zero-order chi connectivity index (χ0) is 16.4. The van der Waals surface area contributed by atoms with Gasteiger partial charge in [0.05, 0.1) is 0 Å². The number of amides is 2. The van der Waals surface area contributed by atoms with Crippen LogP contribution in [0.4, 0.5) is 5.69 Å². The summed E-state index contributed by atoms with van der Waals surface area (Å²) >= 11 is 0. The van der Waals surface area contributed by atoms with Crippen molar-refractivity contribution in [3.05, 3.63) is 64.7 Å². The third-order valence-corrected chi connectivity index (χ3v) is 4.38. The van der Waals surface area contributed by atoms with Crippen LogP contribution in [0.3, 0.4) is 0 Å². The summed E-state index contributed by atoms with van der Waals surface area (Å²) in [5, 5.41) is 2.70. The lowest BCUT2D eigenvalue weighted by Crippen LogP contribution is -2.42. The molecule has 0 radical (unpaired) electrons. The minimum Gasteiger partial charge on any atom is -0.330 e. The maximum atomic E-state index is 12.4. The molecular weight excluding hydrogens is 288 g/mol. The number of nitrogens with zero attached hydrogens (tertiary/aromatic N) is 1. The predicted octanol–water partition coefficient (Wildman–Crippen LogP) is 2.83. The first-order valence-corrected chi connectivity index (χ1v) is 7.79. The Kier molecular flexibility index (Phi) is 4.15. The van der Waals surface area contributed by atoms with Crippen molar-refractivity contribution >= 4 is 17.5 Å². The normalized spacial score (nSPS) is 13.4. The molecule has 0 unspecified atom stereocenters. The number of hydrogen-bond acceptors (Lipinski definition) is 2. The van der Waals surface area contributed by atoms with Gasteiger partial charge >= 0.3 is 11.8 Å². The van der Waals surface area contributed by atoms with E-state index in [-0.39, 0.29) is 0 Å². The van der Waals surface area contributed by atoms with E-state index in [0.29, 0.717) is 18.8 Å². The number of hydrogen-bond donors (Lipinski definition) is 1. The lowest BCUT2D eigenvalue weighted by Gasteiger charge is -2.28. The van der Waals surface area contributed by atoms with Gasteiger partial charge in [-0.1, -0.05) is 30.3 Å². The third-order valence-electron chi connectivity index (χ3n) is 4.38. The molecule has 0 saturated carbocycles. The fourth-order valence-corrected chi connectivity index (χ4v) is 2.82. The van der Waals surface area contributed by atoms with Gasteiger partial charge in [0.2, 0.25) is 0 Å². The highest BCUT2D eigenvalue weighted by atomic mass is 16.2. The van der Waals surface area contributed by atoms with E-state index in [4.69, 9.17) is 0 Å². The molecule has 4 heteroatoms. The summed E-state index contributed by atoms with van der Waals surface area (Å²) in [6.07, 6.45) is 0.791. The van der Waals surface area contributed by atoms with Crippen LogP contribution in [-0.4, -0.2) is 23.3 Å². The number of aryl methyl sites for hydroxylation is 2. The minimum absolute atomic E-state index is 0.474. The van der Waals surface area contributed by atoms with Crippen molar-refractivity contribution in [2.75, 3.05) is 11.9 Å². The largest absolute Gasteiger partial charge is 0.330 e. The summed E-state index contributed by atoms with van der Waals surface area (Å²) in [7, 11) is 0. The highest BCUT2D eigenvalue weighted by Gasteiger charge is 2.25. The highest BCUT2D eigenvalue weighted by molar-refractivity contribution is 6.39. The Bertz CT molecular complexity index is 768. The maximum Gasteiger partial charge on any atom is 0.313 e. The molecule has 1 N–H and O–H groups in total. The van der Waals surface area contributed by atoms with Crippen molar-refractivity contribution < 1.29 is 9.59 Å². The van der Waals surface area contributed by atoms with Crippen molar-refractivity contribution in [2.24, 2.45) is 0 Å². The quantitative estimate of drug-likeness (QED) is 0.824. The van der Waals surface area contributed by atoms with Gasteiger partial charge in [-0.3, -0.25) is 9.59 Å². The molecule has 1 aliphatic heterocycles. The fourth-order valence-electron chi connectivity index (χ4n) is 2.82. The number of anilines is 1. The second-order valence-corrected chi connectivity index (χ2v) is 6.00. The van der Waals surface area contributed by atoms with Crippen molar-refractivity contribution in [3.63, 3.8) is 0 Å². The van der Waals surface area contributed by atoms with Crippen LogP contribution in [0.1, 0.15) is 22.3 Å². The molecule has 2 aromatic rings. The van der Waals surface area contributed by atoms with Gasteiger partial charge in [-0.2, -0.15) is 0 Å². The van der Waals surface area contributed by atoms with Gasteiger partial charge < -0.3 is 10.2 Å². The van der Waals surface area contributed by atoms with Crippen LogP contribution in [0.2, 0.25) is 0 Å². The van der Waals surface area contributed by atoms with Crippen LogP contribution < -0.4 is 5.32 Å². The van der Waals surface area contributed by atoms with Crippen molar-refractivity contribution in [1.29, 1.82) is 0 Å². The average Bonchev–Trinajstić information content (AvgIpc) is 2.57. The van der Waals surface area contributed by atoms with Crippen molar-refractivity contribution in [1.82, 2.24) is 4.90 Å². The Morgan fingerprint density at radius 2 is 1.74 bits per heavy atom. The van der Waals surface area contributed by atoms with Crippen LogP contribution >= 0.6 is 0 Å². The van der Waals surface area contributed by atoms with E-state index in [1.54, 1.807) is 4.90 Å². The van der Waals surface area contributed by atoms with Crippen molar-refractivity contribution in [3.8, 4) is 0 Å². The van der Waals surface area contributed by atoms with E-state index in [1.807, 2.05) is 50.2 Å². The van der Waals surface area contributed by atoms with E-state index in [0.717, 1.165) is 23.1 Å². The summed E-state index contributed by atoms with van der Waals surface area (Å²) < 4.78 is 0. The molecule has 23 heavy (non-hydrogen) atoms. The molecule has 1 aliphatic rings. The molecule has 0 atom stereocenters. The summed E-state index contributed by atoms with van der Waals surface area (Å²) in [5.74, 6) is -1.05. The monoisotopic (exact) mass is 308 g/mol. The van der Waals surface area contributed by atoms with Gasteiger partial charge in [0.25, 0.3) is 0 Å². The summed E-state index contributed by atoms with van der Waals surface area (Å²) in [6.45, 7) is 5.07. The topological polar surface area (TPSA) is 49.4 Å². The zero-order valence-corrected chi connectivity index (χ0v) is 13.4. The van der Waals surface area contributed by atoms with Crippen LogP contribution in [-0.2, 0) is 22.6 Å². The molecule has 0 aliphatic carbocycles. The van der Waals surface area contributed by atoms with E-state index >= 15 is 0 Å². The molecule has 0 fully saturated rings. The Morgan fingerprint density at radius 3 is 2.48 bits per heavy atom. The predicted molar refractivity (Wildman–Crippen MR) is 90.1 cm³/mol. The number of benzene rings is 2. The van der Waals surface area contributed by atoms with Crippen LogP contribution in [0.15, 0.2) is 42.5 Å². The lowest BCUT2D eigenvalue weighted by molar-refractivity contribution is -0.143. The Labute approximate surface area is 136 Å². The Hall–Kier alpha value is -2.62. The van der Waals surface area contributed by atoms with Gasteiger partial charge in [-0.25, -0.2) is 0 Å². The molecule has 2 amide bonds. The first-order valence-electron chi connectivity index (χ1n) is 7.79.